The lowest BCUT2D eigenvalue weighted by atomic mass is 10.0. The fourth-order valence-corrected chi connectivity index (χ4v) is 5.38. The number of fused-ring (bicyclic) bond motifs is 1. The molecule has 1 heterocycles. The van der Waals surface area contributed by atoms with Crippen LogP contribution in [-0.4, -0.2) is 27.7 Å². The van der Waals surface area contributed by atoms with Crippen LogP contribution >= 0.6 is 22.9 Å². The summed E-state index contributed by atoms with van der Waals surface area (Å²) in [4.78, 5) is 0. The van der Waals surface area contributed by atoms with Gasteiger partial charge in [-0.3, -0.25) is 0 Å². The molecule has 1 aliphatic carbocycles. The molecule has 1 aromatic carbocycles. The van der Waals surface area contributed by atoms with Crippen LogP contribution in [0.5, 0.6) is 0 Å². The van der Waals surface area contributed by atoms with Crippen LogP contribution in [0.4, 0.5) is 0 Å². The van der Waals surface area contributed by atoms with Crippen LogP contribution in [0.25, 0.3) is 0 Å². The third-order valence-corrected chi connectivity index (χ3v) is 7.10. The van der Waals surface area contributed by atoms with Crippen LogP contribution in [0.2, 0.25) is 4.34 Å². The Labute approximate surface area is 139 Å². The van der Waals surface area contributed by atoms with Gasteiger partial charge in [0.15, 0.2) is 0 Å². The number of benzene rings is 1. The highest BCUT2D eigenvalue weighted by molar-refractivity contribution is 7.91. The zero-order valence-electron chi connectivity index (χ0n) is 12.0. The molecule has 4 nitrogen and oxygen atoms in total. The van der Waals surface area contributed by atoms with Crippen molar-refractivity contribution in [1.29, 1.82) is 0 Å². The Hall–Kier alpha value is -0.920. The monoisotopic (exact) mass is 357 g/mol. The lowest BCUT2D eigenvalue weighted by molar-refractivity contribution is 0.00379. The van der Waals surface area contributed by atoms with Gasteiger partial charge in [-0.2, -0.15) is 0 Å². The summed E-state index contributed by atoms with van der Waals surface area (Å²) in [7, 11) is -1.93. The van der Waals surface area contributed by atoms with E-state index in [9.17, 15) is 8.42 Å². The second-order valence-corrected chi connectivity index (χ2v) is 9.10. The molecule has 0 spiro atoms. The highest BCUT2D eigenvalue weighted by atomic mass is 35.5. The molecule has 1 N–H and O–H groups in total. The first-order valence-electron chi connectivity index (χ1n) is 6.81. The summed E-state index contributed by atoms with van der Waals surface area (Å²) in [6.45, 7) is 0.232. The molecule has 0 atom stereocenters. The highest BCUT2D eigenvalue weighted by Crippen LogP contribution is 2.33. The van der Waals surface area contributed by atoms with E-state index in [2.05, 4.69) is 16.9 Å². The van der Waals surface area contributed by atoms with Crippen LogP contribution in [0, 0.1) is 0 Å². The van der Waals surface area contributed by atoms with Gasteiger partial charge in [0.1, 0.15) is 4.21 Å². The highest BCUT2D eigenvalue weighted by Gasteiger charge is 2.38. The summed E-state index contributed by atoms with van der Waals surface area (Å²) in [6, 6.07) is 11.2. The van der Waals surface area contributed by atoms with Gasteiger partial charge in [0.2, 0.25) is 10.0 Å². The number of methoxy groups -OCH3 is 1. The van der Waals surface area contributed by atoms with E-state index in [0.717, 1.165) is 11.3 Å². The summed E-state index contributed by atoms with van der Waals surface area (Å²) in [6.07, 6.45) is 1.40. The number of ether oxygens (including phenoxy) is 1. The zero-order valence-corrected chi connectivity index (χ0v) is 14.4. The summed E-state index contributed by atoms with van der Waals surface area (Å²) in [5.41, 5.74) is 1.89. The van der Waals surface area contributed by atoms with Crippen LogP contribution in [0.3, 0.4) is 0 Å². The van der Waals surface area contributed by atoms with Crippen molar-refractivity contribution in [2.24, 2.45) is 0 Å². The average molecular weight is 358 g/mol. The van der Waals surface area contributed by atoms with Crippen molar-refractivity contribution >= 4 is 33.0 Å². The Morgan fingerprint density at radius 3 is 2.36 bits per heavy atom. The maximum atomic E-state index is 12.3. The fourth-order valence-electron chi connectivity index (χ4n) is 2.74. The maximum Gasteiger partial charge on any atom is 0.250 e. The van der Waals surface area contributed by atoms with E-state index in [1.807, 2.05) is 12.1 Å². The van der Waals surface area contributed by atoms with Gasteiger partial charge in [-0.1, -0.05) is 35.9 Å². The van der Waals surface area contributed by atoms with Crippen molar-refractivity contribution in [2.45, 2.75) is 22.7 Å². The first-order valence-corrected chi connectivity index (χ1v) is 9.49. The molecule has 0 saturated heterocycles. The summed E-state index contributed by atoms with van der Waals surface area (Å²) >= 11 is 6.86. The number of hydrogen-bond acceptors (Lipinski definition) is 4. The molecule has 0 amide bonds. The van der Waals surface area contributed by atoms with E-state index in [4.69, 9.17) is 16.3 Å². The molecule has 0 unspecified atom stereocenters. The van der Waals surface area contributed by atoms with E-state index >= 15 is 0 Å². The second-order valence-electron chi connectivity index (χ2n) is 5.39. The lowest BCUT2D eigenvalue weighted by Crippen LogP contribution is -2.45. The van der Waals surface area contributed by atoms with Gasteiger partial charge >= 0.3 is 0 Å². The maximum absolute atomic E-state index is 12.3. The Balaban J connectivity index is 1.75. The molecule has 0 saturated carbocycles. The summed E-state index contributed by atoms with van der Waals surface area (Å²) in [5, 5.41) is 0. The first-order chi connectivity index (χ1) is 10.4. The van der Waals surface area contributed by atoms with E-state index < -0.39 is 15.6 Å². The molecule has 1 aromatic heterocycles. The van der Waals surface area contributed by atoms with Gasteiger partial charge in [0.05, 0.1) is 9.94 Å². The van der Waals surface area contributed by atoms with Gasteiger partial charge in [0, 0.05) is 26.5 Å². The van der Waals surface area contributed by atoms with Crippen molar-refractivity contribution in [3.8, 4) is 0 Å². The van der Waals surface area contributed by atoms with Crippen molar-refractivity contribution < 1.29 is 13.2 Å². The van der Waals surface area contributed by atoms with Gasteiger partial charge in [-0.05, 0) is 23.3 Å². The van der Waals surface area contributed by atoms with E-state index in [0.29, 0.717) is 17.2 Å². The van der Waals surface area contributed by atoms with Crippen LogP contribution < -0.4 is 4.72 Å². The molecule has 0 aliphatic heterocycles. The summed E-state index contributed by atoms with van der Waals surface area (Å²) in [5.74, 6) is 0. The molecule has 0 radical (unpaired) electrons. The van der Waals surface area contributed by atoms with Crippen LogP contribution in [-0.2, 0) is 27.6 Å². The van der Waals surface area contributed by atoms with Crippen molar-refractivity contribution in [3.05, 3.63) is 51.9 Å². The predicted molar refractivity (Wildman–Crippen MR) is 88.1 cm³/mol. The Bertz CT molecular complexity index is 761. The molecule has 0 fully saturated rings. The number of rotatable bonds is 5. The Morgan fingerprint density at radius 2 is 1.86 bits per heavy atom. The normalized spacial score (nSPS) is 16.6. The van der Waals surface area contributed by atoms with Crippen molar-refractivity contribution in [2.75, 3.05) is 13.7 Å². The number of thiophene rings is 1. The fraction of sp³-hybridized carbons (Fsp3) is 0.333. The number of sulfonamides is 1. The largest absolute Gasteiger partial charge is 0.376 e. The molecule has 118 valence electrons. The molecule has 1 aliphatic rings. The SMILES string of the molecule is COC1(CNS(=O)(=O)c2ccc(Cl)s2)Cc2ccccc2C1. The minimum atomic E-state index is -3.56. The van der Waals surface area contributed by atoms with E-state index in [1.165, 1.54) is 17.2 Å². The van der Waals surface area contributed by atoms with Gasteiger partial charge in [0.25, 0.3) is 0 Å². The molecule has 7 heteroatoms. The predicted octanol–water partition coefficient (Wildman–Crippen LogP) is 2.86. The summed E-state index contributed by atoms with van der Waals surface area (Å²) < 4.78 is 33.6. The minimum absolute atomic E-state index is 0.222. The number of hydrogen-bond donors (Lipinski definition) is 1. The minimum Gasteiger partial charge on any atom is -0.376 e. The topological polar surface area (TPSA) is 55.4 Å². The van der Waals surface area contributed by atoms with Crippen LogP contribution in [0.15, 0.2) is 40.6 Å². The smallest absolute Gasteiger partial charge is 0.250 e. The van der Waals surface area contributed by atoms with Gasteiger partial charge in [-0.25, -0.2) is 13.1 Å². The molecule has 22 heavy (non-hydrogen) atoms. The third kappa shape index (κ3) is 3.07. The molecule has 0 bridgehead atoms. The molecule has 3 rings (SSSR count). The average Bonchev–Trinajstić information content (AvgIpc) is 3.09. The van der Waals surface area contributed by atoms with Crippen molar-refractivity contribution in [3.63, 3.8) is 0 Å². The van der Waals surface area contributed by atoms with Gasteiger partial charge < -0.3 is 4.74 Å². The first kappa shape index (κ1) is 16.0. The van der Waals surface area contributed by atoms with E-state index in [-0.39, 0.29) is 10.8 Å². The number of halogens is 1. The Kier molecular flexibility index (Phi) is 4.31. The zero-order chi connectivity index (χ0) is 15.8. The standard InChI is InChI=1S/C15H16ClNO3S2/c1-20-15(8-11-4-2-3-5-12(11)9-15)10-17-22(18,19)14-7-6-13(16)21-14/h2-7,17H,8-10H2,1H3. The number of nitrogens with one attached hydrogen (secondary N) is 1. The second kappa shape index (κ2) is 5.94. The lowest BCUT2D eigenvalue weighted by Gasteiger charge is -2.27. The molecule has 2 aromatic rings. The van der Waals surface area contributed by atoms with E-state index in [1.54, 1.807) is 13.2 Å². The van der Waals surface area contributed by atoms with Crippen LogP contribution in [0.1, 0.15) is 11.1 Å². The van der Waals surface area contributed by atoms with Gasteiger partial charge in [-0.15, -0.1) is 11.3 Å². The quantitative estimate of drug-likeness (QED) is 0.895. The molecular weight excluding hydrogens is 342 g/mol. The Morgan fingerprint density at radius 1 is 1.23 bits per heavy atom. The third-order valence-electron chi connectivity index (χ3n) is 3.97. The van der Waals surface area contributed by atoms with Crippen molar-refractivity contribution in [1.82, 2.24) is 4.72 Å². The molecular formula is C15H16ClNO3S2.